The minimum absolute atomic E-state index is 0.0125. The fourth-order valence-corrected chi connectivity index (χ4v) is 2.11. The van der Waals surface area contributed by atoms with Crippen LogP contribution < -0.4 is 4.90 Å². The number of anilines is 1. The monoisotopic (exact) mass is 246 g/mol. The first-order chi connectivity index (χ1) is 8.59. The maximum absolute atomic E-state index is 12.1. The molecule has 0 aliphatic carbocycles. The van der Waals surface area contributed by atoms with Crippen molar-refractivity contribution in [3.63, 3.8) is 0 Å². The fraction of sp³-hybridized carbons (Fsp3) is 0.429. The molecule has 1 aromatic rings. The molecule has 1 fully saturated rings. The number of nitrogens with zero attached hydrogens (tertiary/aromatic N) is 2. The van der Waals surface area contributed by atoms with E-state index in [0.29, 0.717) is 13.1 Å². The number of benzene rings is 1. The lowest BCUT2D eigenvalue weighted by Crippen LogP contribution is -2.53. The Kier molecular flexibility index (Phi) is 3.65. The zero-order valence-corrected chi connectivity index (χ0v) is 10.8. The van der Waals surface area contributed by atoms with Gasteiger partial charge in [0.2, 0.25) is 11.8 Å². The third-order valence-corrected chi connectivity index (χ3v) is 3.09. The molecule has 0 unspecified atom stereocenters. The summed E-state index contributed by atoms with van der Waals surface area (Å²) in [5, 5.41) is 0. The lowest BCUT2D eigenvalue weighted by atomic mass is 10.1. The average molecular weight is 246 g/mol. The molecule has 0 bridgehead atoms. The number of amides is 2. The Bertz CT molecular complexity index is 442. The van der Waals surface area contributed by atoms with Gasteiger partial charge in [0.1, 0.15) is 6.54 Å². The molecular weight excluding hydrogens is 228 g/mol. The smallest absolute Gasteiger partial charge is 0.246 e. The van der Waals surface area contributed by atoms with E-state index in [-0.39, 0.29) is 24.3 Å². The van der Waals surface area contributed by atoms with Crippen molar-refractivity contribution in [1.29, 1.82) is 0 Å². The van der Waals surface area contributed by atoms with E-state index in [1.165, 1.54) is 0 Å². The van der Waals surface area contributed by atoms with Crippen molar-refractivity contribution in [1.82, 2.24) is 4.90 Å². The zero-order valence-electron chi connectivity index (χ0n) is 10.8. The minimum Gasteiger partial charge on any atom is -0.331 e. The summed E-state index contributed by atoms with van der Waals surface area (Å²) in [6.07, 6.45) is 0. The summed E-state index contributed by atoms with van der Waals surface area (Å²) >= 11 is 0. The van der Waals surface area contributed by atoms with Crippen molar-refractivity contribution in [3.05, 3.63) is 30.3 Å². The third-order valence-electron chi connectivity index (χ3n) is 3.09. The first kappa shape index (κ1) is 12.6. The van der Waals surface area contributed by atoms with Crippen LogP contribution in [0.4, 0.5) is 5.69 Å². The van der Waals surface area contributed by atoms with E-state index in [2.05, 4.69) is 0 Å². The Balaban J connectivity index is 2.06. The van der Waals surface area contributed by atoms with Crippen LogP contribution in [0.15, 0.2) is 30.3 Å². The topological polar surface area (TPSA) is 40.6 Å². The lowest BCUT2D eigenvalue weighted by molar-refractivity contribution is -0.139. The van der Waals surface area contributed by atoms with E-state index in [0.717, 1.165) is 5.69 Å². The second kappa shape index (κ2) is 5.21. The van der Waals surface area contributed by atoms with Gasteiger partial charge in [0.05, 0.1) is 0 Å². The lowest BCUT2D eigenvalue weighted by Gasteiger charge is -2.35. The summed E-state index contributed by atoms with van der Waals surface area (Å²) in [7, 11) is 0. The molecule has 96 valence electrons. The number of para-hydroxylation sites is 1. The van der Waals surface area contributed by atoms with Gasteiger partial charge in [-0.3, -0.25) is 9.59 Å². The van der Waals surface area contributed by atoms with Gasteiger partial charge in [0.25, 0.3) is 0 Å². The van der Waals surface area contributed by atoms with Crippen LogP contribution in [0.2, 0.25) is 0 Å². The van der Waals surface area contributed by atoms with Crippen molar-refractivity contribution < 1.29 is 9.59 Å². The highest BCUT2D eigenvalue weighted by molar-refractivity contribution is 5.98. The average Bonchev–Trinajstić information content (AvgIpc) is 2.38. The Morgan fingerprint density at radius 2 is 1.83 bits per heavy atom. The van der Waals surface area contributed by atoms with Crippen molar-refractivity contribution in [2.75, 3.05) is 24.5 Å². The normalized spacial score (nSPS) is 16.3. The number of carbonyl (C=O) groups excluding carboxylic acids is 2. The van der Waals surface area contributed by atoms with Crippen LogP contribution >= 0.6 is 0 Å². The van der Waals surface area contributed by atoms with E-state index >= 15 is 0 Å². The van der Waals surface area contributed by atoms with E-state index in [9.17, 15) is 9.59 Å². The number of hydrogen-bond acceptors (Lipinski definition) is 2. The maximum Gasteiger partial charge on any atom is 0.246 e. The zero-order chi connectivity index (χ0) is 13.1. The first-order valence-electron chi connectivity index (χ1n) is 6.24. The molecule has 4 heteroatoms. The molecule has 1 aromatic carbocycles. The van der Waals surface area contributed by atoms with Gasteiger partial charge in [-0.25, -0.2) is 0 Å². The Hall–Kier alpha value is -1.84. The summed E-state index contributed by atoms with van der Waals surface area (Å²) in [6.45, 7) is 5.08. The molecule has 2 amide bonds. The number of piperazine rings is 1. The van der Waals surface area contributed by atoms with Crippen molar-refractivity contribution in [2.45, 2.75) is 13.8 Å². The van der Waals surface area contributed by atoms with Crippen molar-refractivity contribution >= 4 is 17.5 Å². The van der Waals surface area contributed by atoms with Crippen LogP contribution in [0.5, 0.6) is 0 Å². The van der Waals surface area contributed by atoms with Crippen LogP contribution in [0.25, 0.3) is 0 Å². The molecule has 1 aliphatic heterocycles. The molecule has 0 saturated carbocycles. The van der Waals surface area contributed by atoms with Gasteiger partial charge in [-0.1, -0.05) is 32.0 Å². The molecule has 0 spiro atoms. The molecule has 18 heavy (non-hydrogen) atoms. The highest BCUT2D eigenvalue weighted by Gasteiger charge is 2.28. The van der Waals surface area contributed by atoms with Crippen molar-refractivity contribution in [2.24, 2.45) is 5.92 Å². The summed E-state index contributed by atoms with van der Waals surface area (Å²) in [5.74, 6) is -0.0152. The van der Waals surface area contributed by atoms with Crippen LogP contribution in [0.3, 0.4) is 0 Å². The molecule has 4 nitrogen and oxygen atoms in total. The molecule has 2 rings (SSSR count). The Labute approximate surface area is 107 Å². The Morgan fingerprint density at radius 1 is 1.17 bits per heavy atom. The van der Waals surface area contributed by atoms with E-state index in [4.69, 9.17) is 0 Å². The largest absolute Gasteiger partial charge is 0.331 e. The highest BCUT2D eigenvalue weighted by Crippen LogP contribution is 2.17. The van der Waals surface area contributed by atoms with Crippen LogP contribution in [-0.2, 0) is 9.59 Å². The highest BCUT2D eigenvalue weighted by atomic mass is 16.2. The first-order valence-corrected chi connectivity index (χ1v) is 6.24. The summed E-state index contributed by atoms with van der Waals surface area (Å²) in [6, 6.07) is 9.57. The summed E-state index contributed by atoms with van der Waals surface area (Å²) in [5.41, 5.74) is 0.902. The van der Waals surface area contributed by atoms with Crippen LogP contribution in [-0.4, -0.2) is 36.3 Å². The van der Waals surface area contributed by atoms with Crippen molar-refractivity contribution in [3.8, 4) is 0 Å². The molecular formula is C14H18N2O2. The van der Waals surface area contributed by atoms with Gasteiger partial charge in [-0.2, -0.15) is 0 Å². The van der Waals surface area contributed by atoms with E-state index < -0.39 is 0 Å². The third kappa shape index (κ3) is 2.53. The van der Waals surface area contributed by atoms with E-state index in [1.54, 1.807) is 9.80 Å². The Morgan fingerprint density at radius 3 is 2.39 bits per heavy atom. The van der Waals surface area contributed by atoms with E-state index in [1.807, 2.05) is 44.2 Å². The predicted molar refractivity (Wildman–Crippen MR) is 70.2 cm³/mol. The van der Waals surface area contributed by atoms with Gasteiger partial charge in [0.15, 0.2) is 0 Å². The van der Waals surface area contributed by atoms with Crippen LogP contribution in [0.1, 0.15) is 13.8 Å². The van der Waals surface area contributed by atoms with Gasteiger partial charge >= 0.3 is 0 Å². The second-order valence-corrected chi connectivity index (χ2v) is 4.80. The molecule has 1 heterocycles. The molecule has 0 atom stereocenters. The maximum atomic E-state index is 12.1. The van der Waals surface area contributed by atoms with Gasteiger partial charge in [-0.05, 0) is 12.1 Å². The molecule has 0 N–H and O–H groups in total. The van der Waals surface area contributed by atoms with Gasteiger partial charge < -0.3 is 9.80 Å². The quantitative estimate of drug-likeness (QED) is 0.793. The standard InChI is InChI=1S/C14H18N2O2/c1-11(2)14(18)15-8-9-16(13(17)10-15)12-6-4-3-5-7-12/h3-7,11H,8-10H2,1-2H3. The molecule has 1 saturated heterocycles. The second-order valence-electron chi connectivity index (χ2n) is 4.80. The van der Waals surface area contributed by atoms with Gasteiger partial charge in [0, 0.05) is 24.7 Å². The minimum atomic E-state index is -0.0546. The number of rotatable bonds is 2. The SMILES string of the molecule is CC(C)C(=O)N1CCN(c2ccccc2)C(=O)C1. The molecule has 1 aliphatic rings. The fourth-order valence-electron chi connectivity index (χ4n) is 2.11. The summed E-state index contributed by atoms with van der Waals surface area (Å²) < 4.78 is 0. The predicted octanol–water partition coefficient (Wildman–Crippen LogP) is 1.52. The number of carbonyl (C=O) groups is 2. The van der Waals surface area contributed by atoms with Crippen LogP contribution in [0, 0.1) is 5.92 Å². The molecule has 0 aromatic heterocycles. The molecule has 0 radical (unpaired) electrons. The summed E-state index contributed by atoms with van der Waals surface area (Å²) in [4.78, 5) is 27.3. The number of hydrogen-bond donors (Lipinski definition) is 0. The van der Waals surface area contributed by atoms with Gasteiger partial charge in [-0.15, -0.1) is 0 Å².